The number of nitrogens with zero attached hydrogens (tertiary/aromatic N) is 3. The third kappa shape index (κ3) is 4.46. The third-order valence-electron chi connectivity index (χ3n) is 4.01. The van der Waals surface area contributed by atoms with Crippen LogP contribution in [0.25, 0.3) is 0 Å². The lowest BCUT2D eigenvalue weighted by molar-refractivity contribution is -0.384. The standard InChI is InChI=1S/C17H19BrN4O3/c1-12-11-21(6-7-25-12)17-8-13(4-5-19-17)10-20-15-9-14(18)2-3-16(15)22(23)24/h2-5,8-9,12,20H,6-7,10-11H2,1H3. The number of ether oxygens (including phenoxy) is 1. The zero-order valence-corrected chi connectivity index (χ0v) is 15.4. The van der Waals surface area contributed by atoms with Crippen LogP contribution in [0.3, 0.4) is 0 Å². The van der Waals surface area contributed by atoms with Crippen molar-refractivity contribution in [2.24, 2.45) is 0 Å². The van der Waals surface area contributed by atoms with E-state index >= 15 is 0 Å². The van der Waals surface area contributed by atoms with Crippen molar-refractivity contribution in [1.82, 2.24) is 4.98 Å². The summed E-state index contributed by atoms with van der Waals surface area (Å²) in [5, 5.41) is 14.3. The highest BCUT2D eigenvalue weighted by Gasteiger charge is 2.18. The summed E-state index contributed by atoms with van der Waals surface area (Å²) in [6.45, 7) is 4.83. The van der Waals surface area contributed by atoms with Gasteiger partial charge < -0.3 is 15.0 Å². The molecule has 1 saturated heterocycles. The number of rotatable bonds is 5. The fraction of sp³-hybridized carbons (Fsp3) is 0.353. The average Bonchev–Trinajstić information content (AvgIpc) is 2.60. The topological polar surface area (TPSA) is 80.5 Å². The van der Waals surface area contributed by atoms with Gasteiger partial charge in [-0.05, 0) is 36.8 Å². The molecule has 25 heavy (non-hydrogen) atoms. The van der Waals surface area contributed by atoms with Crippen molar-refractivity contribution in [2.75, 3.05) is 29.9 Å². The zero-order valence-electron chi connectivity index (χ0n) is 13.8. The van der Waals surface area contributed by atoms with Gasteiger partial charge in [0.05, 0.1) is 17.6 Å². The van der Waals surface area contributed by atoms with Gasteiger partial charge in [0.1, 0.15) is 11.5 Å². The van der Waals surface area contributed by atoms with Crippen LogP contribution in [-0.4, -0.2) is 35.7 Å². The van der Waals surface area contributed by atoms with E-state index in [9.17, 15) is 10.1 Å². The summed E-state index contributed by atoms with van der Waals surface area (Å²) in [5.74, 6) is 0.901. The first-order chi connectivity index (χ1) is 12.0. The van der Waals surface area contributed by atoms with Gasteiger partial charge in [0.15, 0.2) is 0 Å². The first-order valence-corrected chi connectivity index (χ1v) is 8.81. The number of hydrogen-bond donors (Lipinski definition) is 1. The lowest BCUT2D eigenvalue weighted by atomic mass is 10.2. The van der Waals surface area contributed by atoms with E-state index in [2.05, 4.69) is 31.1 Å². The van der Waals surface area contributed by atoms with Gasteiger partial charge in [-0.25, -0.2) is 4.98 Å². The Labute approximate surface area is 154 Å². The fourth-order valence-corrected chi connectivity index (χ4v) is 3.14. The number of hydrogen-bond acceptors (Lipinski definition) is 6. The van der Waals surface area contributed by atoms with Gasteiger partial charge in [-0.2, -0.15) is 0 Å². The summed E-state index contributed by atoms with van der Waals surface area (Å²) in [7, 11) is 0. The molecule has 3 rings (SSSR count). The Hall–Kier alpha value is -2.19. The van der Waals surface area contributed by atoms with E-state index in [4.69, 9.17) is 4.74 Å². The molecule has 0 radical (unpaired) electrons. The van der Waals surface area contributed by atoms with Crippen molar-refractivity contribution in [2.45, 2.75) is 19.6 Å². The SMILES string of the molecule is CC1CN(c2cc(CNc3cc(Br)ccc3[N+](=O)[O-])ccn2)CCO1. The minimum atomic E-state index is -0.387. The normalized spacial score (nSPS) is 17.4. The van der Waals surface area contributed by atoms with Crippen LogP contribution in [0, 0.1) is 10.1 Å². The molecule has 1 fully saturated rings. The molecular weight excluding hydrogens is 388 g/mol. The number of morpholine rings is 1. The summed E-state index contributed by atoms with van der Waals surface area (Å²) in [6, 6.07) is 8.77. The predicted octanol–water partition coefficient (Wildman–Crippen LogP) is 3.59. The summed E-state index contributed by atoms with van der Waals surface area (Å²) in [5.41, 5.74) is 1.55. The van der Waals surface area contributed by atoms with Crippen LogP contribution in [0.2, 0.25) is 0 Å². The molecule has 132 valence electrons. The second kappa shape index (κ2) is 7.79. The second-order valence-corrected chi connectivity index (χ2v) is 6.84. The van der Waals surface area contributed by atoms with Crippen molar-refractivity contribution in [1.29, 1.82) is 0 Å². The van der Waals surface area contributed by atoms with Gasteiger partial charge in [-0.15, -0.1) is 0 Å². The van der Waals surface area contributed by atoms with E-state index < -0.39 is 0 Å². The van der Waals surface area contributed by atoms with E-state index in [1.54, 1.807) is 18.3 Å². The monoisotopic (exact) mass is 406 g/mol. The van der Waals surface area contributed by atoms with E-state index in [-0.39, 0.29) is 16.7 Å². The zero-order chi connectivity index (χ0) is 17.8. The number of pyridine rings is 1. The maximum Gasteiger partial charge on any atom is 0.292 e. The first kappa shape index (κ1) is 17.6. The summed E-state index contributed by atoms with van der Waals surface area (Å²) in [6.07, 6.45) is 1.95. The van der Waals surface area contributed by atoms with Gasteiger partial charge in [-0.1, -0.05) is 15.9 Å². The molecule has 1 aliphatic heterocycles. The molecule has 2 aromatic rings. The molecule has 7 nitrogen and oxygen atoms in total. The van der Waals surface area contributed by atoms with Crippen molar-refractivity contribution in [3.8, 4) is 0 Å². The fourth-order valence-electron chi connectivity index (χ4n) is 2.78. The van der Waals surface area contributed by atoms with Crippen molar-refractivity contribution in [3.63, 3.8) is 0 Å². The second-order valence-electron chi connectivity index (χ2n) is 5.92. The van der Waals surface area contributed by atoms with E-state index in [0.29, 0.717) is 18.8 Å². The van der Waals surface area contributed by atoms with Crippen LogP contribution in [0.15, 0.2) is 41.0 Å². The molecule has 2 heterocycles. The highest BCUT2D eigenvalue weighted by Crippen LogP contribution is 2.28. The van der Waals surface area contributed by atoms with Crippen LogP contribution in [0.5, 0.6) is 0 Å². The smallest absolute Gasteiger partial charge is 0.292 e. The summed E-state index contributed by atoms with van der Waals surface area (Å²) >= 11 is 3.35. The van der Waals surface area contributed by atoms with Crippen molar-refractivity contribution >= 4 is 33.1 Å². The lowest BCUT2D eigenvalue weighted by Gasteiger charge is -2.32. The number of halogens is 1. The summed E-state index contributed by atoms with van der Waals surface area (Å²) < 4.78 is 6.35. The van der Waals surface area contributed by atoms with Crippen LogP contribution < -0.4 is 10.2 Å². The Morgan fingerprint density at radius 1 is 1.44 bits per heavy atom. The average molecular weight is 407 g/mol. The minimum absolute atomic E-state index is 0.0551. The maximum atomic E-state index is 11.2. The molecule has 1 aliphatic rings. The summed E-state index contributed by atoms with van der Waals surface area (Å²) in [4.78, 5) is 17.4. The lowest BCUT2D eigenvalue weighted by Crippen LogP contribution is -2.41. The quantitative estimate of drug-likeness (QED) is 0.603. The van der Waals surface area contributed by atoms with E-state index in [1.165, 1.54) is 6.07 Å². The molecule has 1 unspecified atom stereocenters. The van der Waals surface area contributed by atoms with Crippen molar-refractivity contribution in [3.05, 3.63) is 56.7 Å². The third-order valence-corrected chi connectivity index (χ3v) is 4.51. The molecule has 0 bridgehead atoms. The van der Waals surface area contributed by atoms with Gasteiger partial charge >= 0.3 is 0 Å². The molecule has 0 saturated carbocycles. The Balaban J connectivity index is 1.73. The van der Waals surface area contributed by atoms with Gasteiger partial charge in [-0.3, -0.25) is 10.1 Å². The molecule has 1 aromatic carbocycles. The van der Waals surface area contributed by atoms with E-state index in [0.717, 1.165) is 28.9 Å². The Kier molecular flexibility index (Phi) is 5.50. The Morgan fingerprint density at radius 2 is 2.28 bits per heavy atom. The molecule has 8 heteroatoms. The van der Waals surface area contributed by atoms with Crippen LogP contribution in [0.1, 0.15) is 12.5 Å². The number of nitrogens with one attached hydrogen (secondary N) is 1. The predicted molar refractivity (Wildman–Crippen MR) is 100.0 cm³/mol. The van der Waals surface area contributed by atoms with Crippen LogP contribution in [0.4, 0.5) is 17.2 Å². The Bertz CT molecular complexity index is 771. The van der Waals surface area contributed by atoms with Crippen LogP contribution >= 0.6 is 15.9 Å². The number of nitro benzene ring substituents is 1. The van der Waals surface area contributed by atoms with Gasteiger partial charge in [0.2, 0.25) is 0 Å². The van der Waals surface area contributed by atoms with Crippen molar-refractivity contribution < 1.29 is 9.66 Å². The van der Waals surface area contributed by atoms with Crippen LogP contribution in [-0.2, 0) is 11.3 Å². The molecule has 1 atom stereocenters. The largest absolute Gasteiger partial charge is 0.375 e. The maximum absolute atomic E-state index is 11.2. The first-order valence-electron chi connectivity index (χ1n) is 8.02. The Morgan fingerprint density at radius 3 is 3.04 bits per heavy atom. The minimum Gasteiger partial charge on any atom is -0.375 e. The molecular formula is C17H19BrN4O3. The molecule has 1 aromatic heterocycles. The number of aromatic nitrogens is 1. The van der Waals surface area contributed by atoms with E-state index in [1.807, 2.05) is 19.1 Å². The van der Waals surface area contributed by atoms with Gasteiger partial charge in [0, 0.05) is 36.4 Å². The number of anilines is 2. The highest BCUT2D eigenvalue weighted by molar-refractivity contribution is 9.10. The molecule has 0 amide bonds. The molecule has 0 spiro atoms. The highest BCUT2D eigenvalue weighted by atomic mass is 79.9. The molecule has 0 aliphatic carbocycles. The number of benzene rings is 1. The molecule has 1 N–H and O–H groups in total. The van der Waals surface area contributed by atoms with Gasteiger partial charge in [0.25, 0.3) is 5.69 Å². The number of nitro groups is 1.